The molecule has 5 N–H and O–H groups in total. The van der Waals surface area contributed by atoms with E-state index in [0.717, 1.165) is 0 Å². The van der Waals surface area contributed by atoms with E-state index >= 15 is 0 Å². The fraction of sp³-hybridized carbons (Fsp3) is 0.450. The van der Waals surface area contributed by atoms with Crippen molar-refractivity contribution in [3.8, 4) is 0 Å². The van der Waals surface area contributed by atoms with Crippen LogP contribution in [0.2, 0.25) is 0 Å². The topological polar surface area (TPSA) is 128 Å². The van der Waals surface area contributed by atoms with Crippen LogP contribution in [0.15, 0.2) is 12.2 Å². The lowest BCUT2D eigenvalue weighted by Gasteiger charge is -2.23. The fourth-order valence-corrected chi connectivity index (χ4v) is 3.00. The van der Waals surface area contributed by atoms with Gasteiger partial charge < -0.3 is 26.2 Å². The summed E-state index contributed by atoms with van der Waals surface area (Å²) in [6.45, 7) is 10.1. The quantitative estimate of drug-likeness (QED) is 0.398. The Labute approximate surface area is 165 Å². The molecule has 8 nitrogen and oxygen atoms in total. The summed E-state index contributed by atoms with van der Waals surface area (Å²) < 4.78 is 0. The third-order valence-electron chi connectivity index (χ3n) is 4.33. The number of aliphatic hydroxyl groups excluding tert-OH is 2. The van der Waals surface area contributed by atoms with E-state index in [1.807, 2.05) is 6.92 Å². The van der Waals surface area contributed by atoms with Crippen LogP contribution in [0.4, 0.5) is 5.69 Å². The van der Waals surface area contributed by atoms with Gasteiger partial charge in [-0.05, 0) is 43.9 Å². The van der Waals surface area contributed by atoms with Gasteiger partial charge in [-0.25, -0.2) is 0 Å². The molecular weight excluding hydrogens is 362 g/mol. The minimum atomic E-state index is -0.439. The zero-order valence-electron chi connectivity index (χ0n) is 16.9. The SMILES string of the molecule is C=C(C)C(=O)Nc1c(C)c(C(=O)NCCO)c(CC)c(C(=O)NCCO)c1C. The van der Waals surface area contributed by atoms with Crippen molar-refractivity contribution in [1.82, 2.24) is 10.6 Å². The highest BCUT2D eigenvalue weighted by Crippen LogP contribution is 2.32. The summed E-state index contributed by atoms with van der Waals surface area (Å²) in [6, 6.07) is 0. The Balaban J connectivity index is 3.72. The lowest BCUT2D eigenvalue weighted by Crippen LogP contribution is -2.32. The molecule has 8 heteroatoms. The highest BCUT2D eigenvalue weighted by atomic mass is 16.3. The first-order valence-electron chi connectivity index (χ1n) is 9.12. The fourth-order valence-electron chi connectivity index (χ4n) is 3.00. The standard InChI is InChI=1S/C20H29N3O5/c1-6-14-15(19(27)21-7-9-24)12(4)17(23-18(26)11(2)3)13(5)16(14)20(28)22-8-10-25/h24-25H,2,6-10H2,1,3-5H3,(H,21,27)(H,22,28)(H,23,26). The molecule has 0 fully saturated rings. The van der Waals surface area contributed by atoms with Crippen LogP contribution >= 0.6 is 0 Å². The van der Waals surface area contributed by atoms with E-state index in [2.05, 4.69) is 22.5 Å². The summed E-state index contributed by atoms with van der Waals surface area (Å²) >= 11 is 0. The van der Waals surface area contributed by atoms with Crippen LogP contribution in [0.25, 0.3) is 0 Å². The molecule has 154 valence electrons. The van der Waals surface area contributed by atoms with Crippen LogP contribution in [0.1, 0.15) is 51.3 Å². The molecule has 28 heavy (non-hydrogen) atoms. The molecule has 0 spiro atoms. The first-order valence-corrected chi connectivity index (χ1v) is 9.12. The van der Waals surface area contributed by atoms with E-state index in [4.69, 9.17) is 10.2 Å². The van der Waals surface area contributed by atoms with Crippen molar-refractivity contribution in [2.75, 3.05) is 31.6 Å². The number of aliphatic hydroxyl groups is 2. The van der Waals surface area contributed by atoms with Gasteiger partial charge in [0.25, 0.3) is 17.7 Å². The number of anilines is 1. The maximum absolute atomic E-state index is 12.8. The van der Waals surface area contributed by atoms with Gasteiger partial charge in [0.2, 0.25) is 0 Å². The molecule has 1 aromatic rings. The Hall–Kier alpha value is -2.71. The molecule has 0 saturated carbocycles. The Morgan fingerprint density at radius 1 is 0.929 bits per heavy atom. The van der Waals surface area contributed by atoms with Gasteiger partial charge >= 0.3 is 0 Å². The molecule has 0 unspecified atom stereocenters. The van der Waals surface area contributed by atoms with Gasteiger partial charge in [-0.3, -0.25) is 14.4 Å². The minimum Gasteiger partial charge on any atom is -0.395 e. The number of carbonyl (C=O) groups is 3. The van der Waals surface area contributed by atoms with Gasteiger partial charge in [-0.2, -0.15) is 0 Å². The molecule has 0 heterocycles. The van der Waals surface area contributed by atoms with E-state index in [1.54, 1.807) is 20.8 Å². The molecule has 1 aromatic carbocycles. The largest absolute Gasteiger partial charge is 0.395 e. The number of hydrogen-bond donors (Lipinski definition) is 5. The zero-order chi connectivity index (χ0) is 21.4. The van der Waals surface area contributed by atoms with Gasteiger partial charge in [0.1, 0.15) is 0 Å². The molecule has 0 aliphatic carbocycles. The number of nitrogens with one attached hydrogen (secondary N) is 3. The van der Waals surface area contributed by atoms with Crippen molar-refractivity contribution in [2.24, 2.45) is 0 Å². The lowest BCUT2D eigenvalue weighted by molar-refractivity contribution is -0.112. The van der Waals surface area contributed by atoms with Crippen LogP contribution in [0.5, 0.6) is 0 Å². The van der Waals surface area contributed by atoms with Crippen LogP contribution in [0, 0.1) is 13.8 Å². The number of rotatable bonds is 9. The van der Waals surface area contributed by atoms with Crippen molar-refractivity contribution in [3.05, 3.63) is 40.0 Å². The predicted octanol–water partition coefficient (Wildman–Crippen LogP) is 0.825. The normalized spacial score (nSPS) is 10.4. The Kier molecular flexibility index (Phi) is 8.81. The summed E-state index contributed by atoms with van der Waals surface area (Å²) in [5.41, 5.74) is 2.82. The average Bonchev–Trinajstić information content (AvgIpc) is 2.66. The summed E-state index contributed by atoms with van der Waals surface area (Å²) in [6.07, 6.45) is 0.403. The average molecular weight is 391 g/mol. The maximum Gasteiger partial charge on any atom is 0.252 e. The molecule has 0 aliphatic rings. The first-order chi connectivity index (χ1) is 13.2. The lowest BCUT2D eigenvalue weighted by atomic mass is 9.88. The Morgan fingerprint density at radius 2 is 1.36 bits per heavy atom. The molecule has 0 atom stereocenters. The van der Waals surface area contributed by atoms with Crippen molar-refractivity contribution in [2.45, 2.75) is 34.1 Å². The van der Waals surface area contributed by atoms with Crippen LogP contribution in [-0.4, -0.2) is 54.2 Å². The monoisotopic (exact) mass is 391 g/mol. The summed E-state index contributed by atoms with van der Waals surface area (Å²) in [5.74, 6) is -1.30. The van der Waals surface area contributed by atoms with Gasteiger partial charge in [0.15, 0.2) is 0 Å². The Bertz CT molecular complexity index is 740. The van der Waals surface area contributed by atoms with Crippen LogP contribution < -0.4 is 16.0 Å². The summed E-state index contributed by atoms with van der Waals surface area (Å²) in [4.78, 5) is 37.7. The second kappa shape index (κ2) is 10.6. The van der Waals surface area contributed by atoms with Gasteiger partial charge in [0.05, 0.1) is 13.2 Å². The van der Waals surface area contributed by atoms with Gasteiger partial charge in [0, 0.05) is 35.5 Å². The highest BCUT2D eigenvalue weighted by molar-refractivity contribution is 6.10. The van der Waals surface area contributed by atoms with Gasteiger partial charge in [-0.1, -0.05) is 13.5 Å². The molecular formula is C20H29N3O5. The van der Waals surface area contributed by atoms with E-state index in [0.29, 0.717) is 28.8 Å². The van der Waals surface area contributed by atoms with E-state index in [9.17, 15) is 14.4 Å². The van der Waals surface area contributed by atoms with E-state index in [1.165, 1.54) is 0 Å². The number of hydrogen-bond acceptors (Lipinski definition) is 5. The smallest absolute Gasteiger partial charge is 0.252 e. The number of amides is 3. The van der Waals surface area contributed by atoms with Crippen LogP contribution in [-0.2, 0) is 11.2 Å². The molecule has 0 bridgehead atoms. The number of carbonyl (C=O) groups excluding carboxylic acids is 3. The maximum atomic E-state index is 12.8. The van der Waals surface area contributed by atoms with E-state index in [-0.39, 0.29) is 43.0 Å². The zero-order valence-corrected chi connectivity index (χ0v) is 16.9. The second-order valence-electron chi connectivity index (χ2n) is 6.40. The molecule has 0 saturated heterocycles. The van der Waals surface area contributed by atoms with Crippen molar-refractivity contribution < 1.29 is 24.6 Å². The van der Waals surface area contributed by atoms with Crippen molar-refractivity contribution >= 4 is 23.4 Å². The Morgan fingerprint density at radius 3 is 1.68 bits per heavy atom. The second-order valence-corrected chi connectivity index (χ2v) is 6.40. The van der Waals surface area contributed by atoms with Crippen molar-refractivity contribution in [1.29, 1.82) is 0 Å². The summed E-state index contributed by atoms with van der Waals surface area (Å²) in [5, 5.41) is 26.0. The number of benzene rings is 1. The predicted molar refractivity (Wildman–Crippen MR) is 108 cm³/mol. The van der Waals surface area contributed by atoms with E-state index < -0.39 is 17.7 Å². The summed E-state index contributed by atoms with van der Waals surface area (Å²) in [7, 11) is 0. The molecule has 3 amide bonds. The van der Waals surface area contributed by atoms with Crippen molar-refractivity contribution in [3.63, 3.8) is 0 Å². The van der Waals surface area contributed by atoms with Gasteiger partial charge in [-0.15, -0.1) is 0 Å². The van der Waals surface area contributed by atoms with Crippen LogP contribution in [0.3, 0.4) is 0 Å². The molecule has 0 aliphatic heterocycles. The first kappa shape index (κ1) is 23.3. The third kappa shape index (κ3) is 5.17. The molecule has 0 radical (unpaired) electrons. The highest BCUT2D eigenvalue weighted by Gasteiger charge is 2.27. The third-order valence-corrected chi connectivity index (χ3v) is 4.33. The molecule has 0 aromatic heterocycles. The molecule has 1 rings (SSSR count). The minimum absolute atomic E-state index is 0.0643.